The standard InChI is InChI=1S/C21H28N4O/c1-3-16(2)23-20-12-7-17(15-22-20)21(26)24-18-8-10-19(11-9-18)25-13-5-4-6-14-25/h7-12,15-16H,3-6,13-14H2,1-2H3,(H,22,23)(H,24,26). The smallest absolute Gasteiger partial charge is 0.257 e. The largest absolute Gasteiger partial charge is 0.372 e. The van der Waals surface area contributed by atoms with Gasteiger partial charge in [-0.25, -0.2) is 4.98 Å². The van der Waals surface area contributed by atoms with Crippen LogP contribution in [-0.2, 0) is 0 Å². The summed E-state index contributed by atoms with van der Waals surface area (Å²) >= 11 is 0. The molecular formula is C21H28N4O. The lowest BCUT2D eigenvalue weighted by atomic mass is 10.1. The molecule has 1 unspecified atom stereocenters. The van der Waals surface area contributed by atoms with Gasteiger partial charge in [0.25, 0.3) is 5.91 Å². The number of nitrogens with one attached hydrogen (secondary N) is 2. The molecule has 26 heavy (non-hydrogen) atoms. The highest BCUT2D eigenvalue weighted by Gasteiger charge is 2.11. The number of carbonyl (C=O) groups is 1. The molecule has 2 N–H and O–H groups in total. The van der Waals surface area contributed by atoms with Gasteiger partial charge in [-0.05, 0) is 69.0 Å². The Labute approximate surface area is 155 Å². The topological polar surface area (TPSA) is 57.3 Å². The molecule has 1 saturated heterocycles. The quantitative estimate of drug-likeness (QED) is 0.802. The van der Waals surface area contributed by atoms with E-state index < -0.39 is 0 Å². The number of pyridine rings is 1. The van der Waals surface area contributed by atoms with Gasteiger partial charge in [0, 0.05) is 36.7 Å². The Morgan fingerprint density at radius 3 is 2.46 bits per heavy atom. The molecule has 0 bridgehead atoms. The summed E-state index contributed by atoms with van der Waals surface area (Å²) in [6.07, 6.45) is 6.48. The summed E-state index contributed by atoms with van der Waals surface area (Å²) in [6, 6.07) is 12.1. The van der Waals surface area contributed by atoms with E-state index in [2.05, 4.69) is 46.5 Å². The van der Waals surface area contributed by atoms with E-state index in [1.807, 2.05) is 18.2 Å². The second kappa shape index (κ2) is 8.70. The first-order valence-electron chi connectivity index (χ1n) is 9.54. The second-order valence-corrected chi connectivity index (χ2v) is 6.93. The molecule has 5 heteroatoms. The van der Waals surface area contributed by atoms with Crippen LogP contribution in [0.25, 0.3) is 0 Å². The number of rotatable bonds is 6. The molecule has 0 aliphatic carbocycles. The van der Waals surface area contributed by atoms with Gasteiger partial charge < -0.3 is 15.5 Å². The molecule has 2 aromatic rings. The van der Waals surface area contributed by atoms with Gasteiger partial charge >= 0.3 is 0 Å². The van der Waals surface area contributed by atoms with Crippen molar-refractivity contribution in [1.82, 2.24) is 4.98 Å². The molecule has 1 aliphatic rings. The number of benzene rings is 1. The fourth-order valence-electron chi connectivity index (χ4n) is 3.08. The van der Waals surface area contributed by atoms with Crippen LogP contribution in [0.4, 0.5) is 17.2 Å². The van der Waals surface area contributed by atoms with E-state index in [1.165, 1.54) is 24.9 Å². The lowest BCUT2D eigenvalue weighted by molar-refractivity contribution is 0.102. The van der Waals surface area contributed by atoms with Gasteiger partial charge in [0.1, 0.15) is 5.82 Å². The van der Waals surface area contributed by atoms with E-state index in [1.54, 1.807) is 12.3 Å². The number of piperidine rings is 1. The molecule has 3 rings (SSSR count). The SMILES string of the molecule is CCC(C)Nc1ccc(C(=O)Nc2ccc(N3CCCCC3)cc2)cn1. The van der Waals surface area contributed by atoms with Gasteiger partial charge in [-0.15, -0.1) is 0 Å². The number of hydrogen-bond acceptors (Lipinski definition) is 4. The molecule has 0 spiro atoms. The first-order chi connectivity index (χ1) is 12.7. The van der Waals surface area contributed by atoms with Crippen molar-refractivity contribution in [2.75, 3.05) is 28.6 Å². The minimum absolute atomic E-state index is 0.140. The van der Waals surface area contributed by atoms with Crippen molar-refractivity contribution >= 4 is 23.1 Å². The van der Waals surface area contributed by atoms with Crippen LogP contribution in [-0.4, -0.2) is 30.0 Å². The van der Waals surface area contributed by atoms with Gasteiger partial charge in [-0.1, -0.05) is 6.92 Å². The van der Waals surface area contributed by atoms with Gasteiger partial charge in [-0.3, -0.25) is 4.79 Å². The highest BCUT2D eigenvalue weighted by Crippen LogP contribution is 2.22. The normalized spacial score (nSPS) is 15.4. The predicted octanol–water partition coefficient (Wildman–Crippen LogP) is 4.53. The van der Waals surface area contributed by atoms with E-state index in [0.717, 1.165) is 31.0 Å². The van der Waals surface area contributed by atoms with Crippen molar-refractivity contribution in [3.63, 3.8) is 0 Å². The van der Waals surface area contributed by atoms with Gasteiger partial charge in [-0.2, -0.15) is 0 Å². The fraction of sp³-hybridized carbons (Fsp3) is 0.429. The summed E-state index contributed by atoms with van der Waals surface area (Å²) in [5.41, 5.74) is 2.59. The highest BCUT2D eigenvalue weighted by atomic mass is 16.1. The molecule has 1 fully saturated rings. The Morgan fingerprint density at radius 2 is 1.85 bits per heavy atom. The molecule has 1 amide bonds. The average molecular weight is 352 g/mol. The Morgan fingerprint density at radius 1 is 1.12 bits per heavy atom. The zero-order chi connectivity index (χ0) is 18.4. The predicted molar refractivity (Wildman–Crippen MR) is 108 cm³/mol. The van der Waals surface area contributed by atoms with Crippen LogP contribution in [0.5, 0.6) is 0 Å². The molecular weight excluding hydrogens is 324 g/mol. The molecule has 2 heterocycles. The summed E-state index contributed by atoms with van der Waals surface area (Å²) in [4.78, 5) is 19.1. The van der Waals surface area contributed by atoms with Crippen molar-refractivity contribution in [2.45, 2.75) is 45.6 Å². The molecule has 0 saturated carbocycles. The maximum Gasteiger partial charge on any atom is 0.257 e. The molecule has 0 radical (unpaired) electrons. The zero-order valence-electron chi connectivity index (χ0n) is 15.7. The van der Waals surface area contributed by atoms with Crippen LogP contribution in [0.15, 0.2) is 42.6 Å². The third kappa shape index (κ3) is 4.75. The van der Waals surface area contributed by atoms with Crippen LogP contribution in [0.3, 0.4) is 0 Å². The second-order valence-electron chi connectivity index (χ2n) is 6.93. The van der Waals surface area contributed by atoms with Crippen molar-refractivity contribution in [2.24, 2.45) is 0 Å². The maximum absolute atomic E-state index is 12.4. The lowest BCUT2D eigenvalue weighted by Gasteiger charge is -2.28. The van der Waals surface area contributed by atoms with Crippen LogP contribution in [0.1, 0.15) is 49.9 Å². The highest BCUT2D eigenvalue weighted by molar-refractivity contribution is 6.04. The number of aromatic nitrogens is 1. The van der Waals surface area contributed by atoms with Gasteiger partial charge in [0.15, 0.2) is 0 Å². The van der Waals surface area contributed by atoms with Gasteiger partial charge in [0.2, 0.25) is 0 Å². The van der Waals surface area contributed by atoms with Crippen molar-refractivity contribution in [3.05, 3.63) is 48.2 Å². The molecule has 1 aromatic carbocycles. The van der Waals surface area contributed by atoms with E-state index in [9.17, 15) is 4.79 Å². The molecule has 1 aliphatic heterocycles. The fourth-order valence-corrected chi connectivity index (χ4v) is 3.08. The zero-order valence-corrected chi connectivity index (χ0v) is 15.7. The number of hydrogen-bond donors (Lipinski definition) is 2. The summed E-state index contributed by atoms with van der Waals surface area (Å²) in [6.45, 7) is 6.47. The van der Waals surface area contributed by atoms with Crippen LogP contribution >= 0.6 is 0 Å². The van der Waals surface area contributed by atoms with E-state index >= 15 is 0 Å². The first kappa shape index (κ1) is 18.2. The maximum atomic E-state index is 12.4. The Balaban J connectivity index is 1.58. The third-order valence-corrected chi connectivity index (χ3v) is 4.88. The number of carbonyl (C=O) groups excluding carboxylic acids is 1. The van der Waals surface area contributed by atoms with E-state index in [-0.39, 0.29) is 5.91 Å². The van der Waals surface area contributed by atoms with Crippen molar-refractivity contribution in [3.8, 4) is 0 Å². The van der Waals surface area contributed by atoms with E-state index in [4.69, 9.17) is 0 Å². The summed E-state index contributed by atoms with van der Waals surface area (Å²) in [5, 5.41) is 6.24. The molecule has 138 valence electrons. The van der Waals surface area contributed by atoms with Crippen LogP contribution < -0.4 is 15.5 Å². The van der Waals surface area contributed by atoms with E-state index in [0.29, 0.717) is 11.6 Å². The molecule has 1 atom stereocenters. The van der Waals surface area contributed by atoms with Crippen molar-refractivity contribution in [1.29, 1.82) is 0 Å². The molecule has 1 aromatic heterocycles. The first-order valence-corrected chi connectivity index (χ1v) is 9.54. The Hall–Kier alpha value is -2.56. The summed E-state index contributed by atoms with van der Waals surface area (Å²) in [7, 11) is 0. The third-order valence-electron chi connectivity index (χ3n) is 4.88. The minimum atomic E-state index is -0.140. The van der Waals surface area contributed by atoms with Crippen molar-refractivity contribution < 1.29 is 4.79 Å². The average Bonchev–Trinajstić information content (AvgIpc) is 2.69. The van der Waals surface area contributed by atoms with Crippen LogP contribution in [0.2, 0.25) is 0 Å². The Kier molecular flexibility index (Phi) is 6.10. The van der Waals surface area contributed by atoms with Gasteiger partial charge in [0.05, 0.1) is 5.56 Å². The number of nitrogens with zero attached hydrogens (tertiary/aromatic N) is 2. The van der Waals surface area contributed by atoms with Crippen LogP contribution in [0, 0.1) is 0 Å². The monoisotopic (exact) mass is 352 g/mol. The molecule has 5 nitrogen and oxygen atoms in total. The summed E-state index contributed by atoms with van der Waals surface area (Å²) < 4.78 is 0. The minimum Gasteiger partial charge on any atom is -0.372 e. The Bertz CT molecular complexity index is 706. The number of anilines is 3. The number of amides is 1. The lowest BCUT2D eigenvalue weighted by Crippen LogP contribution is -2.29. The summed E-state index contributed by atoms with van der Waals surface area (Å²) in [5.74, 6) is 0.653.